The van der Waals surface area contributed by atoms with E-state index in [0.717, 1.165) is 28.8 Å². The zero-order valence-electron chi connectivity index (χ0n) is 16.2. The van der Waals surface area contributed by atoms with Crippen LogP contribution in [0.5, 0.6) is 5.75 Å². The van der Waals surface area contributed by atoms with Gasteiger partial charge in [-0.25, -0.2) is 4.98 Å². The van der Waals surface area contributed by atoms with Crippen molar-refractivity contribution in [1.82, 2.24) is 4.98 Å². The second kappa shape index (κ2) is 7.99. The van der Waals surface area contributed by atoms with Gasteiger partial charge in [-0.3, -0.25) is 4.79 Å². The molecule has 0 saturated carbocycles. The molecule has 1 heterocycles. The van der Waals surface area contributed by atoms with E-state index >= 15 is 0 Å². The largest absolute Gasteiger partial charge is 0.508 e. The molecule has 3 aromatic rings. The summed E-state index contributed by atoms with van der Waals surface area (Å²) in [4.78, 5) is 17.6. The SMILES string of the molecule is Cc1nc(-c2ccc(C(F)(F)F)cc2)sc1C(=O)CCc1ccc(O)c(C)c1C. The first-order valence-corrected chi connectivity index (χ1v) is 9.86. The van der Waals surface area contributed by atoms with Crippen molar-refractivity contribution in [2.45, 2.75) is 39.8 Å². The number of nitrogens with zero attached hydrogens (tertiary/aromatic N) is 1. The van der Waals surface area contributed by atoms with Crippen LogP contribution >= 0.6 is 11.3 Å². The number of benzene rings is 2. The maximum atomic E-state index is 12.7. The van der Waals surface area contributed by atoms with Crippen molar-refractivity contribution in [3.05, 3.63) is 69.2 Å². The van der Waals surface area contributed by atoms with E-state index in [0.29, 0.717) is 34.0 Å². The lowest BCUT2D eigenvalue weighted by Crippen LogP contribution is -2.03. The summed E-state index contributed by atoms with van der Waals surface area (Å²) in [7, 11) is 0. The predicted molar refractivity (Wildman–Crippen MR) is 108 cm³/mol. The maximum Gasteiger partial charge on any atom is 0.416 e. The molecule has 0 amide bonds. The molecule has 0 saturated heterocycles. The molecule has 0 fully saturated rings. The molecule has 0 radical (unpaired) electrons. The highest BCUT2D eigenvalue weighted by atomic mass is 32.1. The van der Waals surface area contributed by atoms with Crippen LogP contribution in [0.3, 0.4) is 0 Å². The number of Topliss-reactive ketones (excluding diaryl/α,β-unsaturated/α-hetero) is 1. The van der Waals surface area contributed by atoms with E-state index < -0.39 is 11.7 Å². The van der Waals surface area contributed by atoms with Crippen molar-refractivity contribution in [2.75, 3.05) is 0 Å². The molecule has 1 aromatic heterocycles. The molecule has 0 unspecified atom stereocenters. The quantitative estimate of drug-likeness (QED) is 0.496. The van der Waals surface area contributed by atoms with Gasteiger partial charge in [-0.15, -0.1) is 11.3 Å². The number of aromatic hydroxyl groups is 1. The summed E-state index contributed by atoms with van der Waals surface area (Å²) in [6, 6.07) is 8.23. The lowest BCUT2D eigenvalue weighted by atomic mass is 9.97. The van der Waals surface area contributed by atoms with E-state index in [1.807, 2.05) is 19.9 Å². The normalized spacial score (nSPS) is 11.7. The van der Waals surface area contributed by atoms with Crippen LogP contribution in [0, 0.1) is 20.8 Å². The predicted octanol–water partition coefficient (Wildman–Crippen LogP) is 6.28. The minimum atomic E-state index is -4.39. The first-order chi connectivity index (χ1) is 13.6. The number of aryl methyl sites for hydroxylation is 2. The Morgan fingerprint density at radius 1 is 1.03 bits per heavy atom. The van der Waals surface area contributed by atoms with Crippen molar-refractivity contribution in [2.24, 2.45) is 0 Å². The van der Waals surface area contributed by atoms with Crippen LogP contribution in [0.4, 0.5) is 13.2 Å². The number of thiazole rings is 1. The lowest BCUT2D eigenvalue weighted by Gasteiger charge is -2.09. The van der Waals surface area contributed by atoms with Crippen LogP contribution in [0.25, 0.3) is 10.6 Å². The fraction of sp³-hybridized carbons (Fsp3) is 0.273. The molecule has 0 atom stereocenters. The Labute approximate surface area is 170 Å². The zero-order chi connectivity index (χ0) is 21.3. The average Bonchev–Trinajstić information content (AvgIpc) is 3.06. The Morgan fingerprint density at radius 2 is 1.69 bits per heavy atom. The first kappa shape index (κ1) is 21.0. The average molecular weight is 419 g/mol. The third-order valence-corrected chi connectivity index (χ3v) is 6.25. The highest BCUT2D eigenvalue weighted by Crippen LogP contribution is 2.33. The molecule has 0 bridgehead atoms. The molecular formula is C22H20F3NO2S. The molecule has 3 rings (SSSR count). The van der Waals surface area contributed by atoms with E-state index in [1.165, 1.54) is 23.5 Å². The highest BCUT2D eigenvalue weighted by Gasteiger charge is 2.30. The molecule has 1 N–H and O–H groups in total. The monoisotopic (exact) mass is 419 g/mol. The number of phenolic OH excluding ortho intramolecular Hbond substituents is 1. The molecule has 2 aromatic carbocycles. The fourth-order valence-corrected chi connectivity index (χ4v) is 4.11. The van der Waals surface area contributed by atoms with Crippen molar-refractivity contribution in [3.63, 3.8) is 0 Å². The van der Waals surface area contributed by atoms with Crippen molar-refractivity contribution < 1.29 is 23.1 Å². The summed E-state index contributed by atoms with van der Waals surface area (Å²) in [5.74, 6) is 0.181. The number of hydrogen-bond donors (Lipinski definition) is 1. The summed E-state index contributed by atoms with van der Waals surface area (Å²) in [6.07, 6.45) is -3.55. The first-order valence-electron chi connectivity index (χ1n) is 9.04. The Bertz CT molecular complexity index is 1050. The number of ketones is 1. The van der Waals surface area contributed by atoms with Gasteiger partial charge < -0.3 is 5.11 Å². The molecule has 29 heavy (non-hydrogen) atoms. The Balaban J connectivity index is 1.76. The second-order valence-corrected chi connectivity index (χ2v) is 7.92. The molecular weight excluding hydrogens is 399 g/mol. The highest BCUT2D eigenvalue weighted by molar-refractivity contribution is 7.17. The van der Waals surface area contributed by atoms with Gasteiger partial charge in [0, 0.05) is 12.0 Å². The van der Waals surface area contributed by atoms with Gasteiger partial charge in [0.25, 0.3) is 0 Å². The van der Waals surface area contributed by atoms with Gasteiger partial charge in [0.1, 0.15) is 10.8 Å². The number of aromatic nitrogens is 1. The van der Waals surface area contributed by atoms with Gasteiger partial charge in [0.05, 0.1) is 16.1 Å². The van der Waals surface area contributed by atoms with E-state index in [9.17, 15) is 23.1 Å². The minimum absolute atomic E-state index is 0.0525. The standard InChI is InChI=1S/C22H20F3NO2S/c1-12-13(2)18(27)10-6-15(12)7-11-19(28)20-14(3)26-21(29-20)16-4-8-17(9-5-16)22(23,24)25/h4-6,8-10,27H,7,11H2,1-3H3. The van der Waals surface area contributed by atoms with Crippen LogP contribution in [0.1, 0.15) is 44.0 Å². The van der Waals surface area contributed by atoms with Crippen LogP contribution in [0.15, 0.2) is 36.4 Å². The second-order valence-electron chi connectivity index (χ2n) is 6.93. The fourth-order valence-electron chi connectivity index (χ4n) is 3.08. The summed E-state index contributed by atoms with van der Waals surface area (Å²) >= 11 is 1.20. The van der Waals surface area contributed by atoms with Crippen LogP contribution in [-0.2, 0) is 12.6 Å². The van der Waals surface area contributed by atoms with Gasteiger partial charge in [-0.1, -0.05) is 18.2 Å². The molecule has 0 aliphatic heterocycles. The Morgan fingerprint density at radius 3 is 2.31 bits per heavy atom. The number of rotatable bonds is 5. The Kier molecular flexibility index (Phi) is 5.80. The van der Waals surface area contributed by atoms with Crippen molar-refractivity contribution in [3.8, 4) is 16.3 Å². The third-order valence-electron chi connectivity index (χ3n) is 5.00. The third kappa shape index (κ3) is 4.50. The molecule has 0 aliphatic carbocycles. The molecule has 0 spiro atoms. The number of phenols is 1. The van der Waals surface area contributed by atoms with Crippen molar-refractivity contribution in [1.29, 1.82) is 0 Å². The van der Waals surface area contributed by atoms with E-state index in [1.54, 1.807) is 13.0 Å². The van der Waals surface area contributed by atoms with Gasteiger partial charge in [-0.2, -0.15) is 13.2 Å². The number of carbonyl (C=O) groups excluding carboxylic acids is 1. The van der Waals surface area contributed by atoms with Gasteiger partial charge in [-0.05, 0) is 62.1 Å². The minimum Gasteiger partial charge on any atom is -0.508 e. The van der Waals surface area contributed by atoms with Crippen LogP contribution in [-0.4, -0.2) is 15.9 Å². The summed E-state index contributed by atoms with van der Waals surface area (Å²) < 4.78 is 38.2. The Hall–Kier alpha value is -2.67. The smallest absolute Gasteiger partial charge is 0.416 e. The molecule has 152 valence electrons. The molecule has 3 nitrogen and oxygen atoms in total. The van der Waals surface area contributed by atoms with E-state index in [-0.39, 0.29) is 11.5 Å². The van der Waals surface area contributed by atoms with Crippen molar-refractivity contribution >= 4 is 17.1 Å². The van der Waals surface area contributed by atoms with E-state index in [4.69, 9.17) is 0 Å². The van der Waals surface area contributed by atoms with Crippen LogP contribution in [0.2, 0.25) is 0 Å². The topological polar surface area (TPSA) is 50.2 Å². The van der Waals surface area contributed by atoms with Gasteiger partial charge in [0.2, 0.25) is 0 Å². The number of halogens is 3. The maximum absolute atomic E-state index is 12.7. The van der Waals surface area contributed by atoms with Gasteiger partial charge in [0.15, 0.2) is 5.78 Å². The summed E-state index contributed by atoms with van der Waals surface area (Å²) in [5.41, 5.74) is 3.17. The van der Waals surface area contributed by atoms with Crippen LogP contribution < -0.4 is 0 Å². The summed E-state index contributed by atoms with van der Waals surface area (Å²) in [5, 5.41) is 10.3. The molecule has 0 aliphatic rings. The number of alkyl halides is 3. The number of carbonyl (C=O) groups is 1. The van der Waals surface area contributed by atoms with Gasteiger partial charge >= 0.3 is 6.18 Å². The summed E-state index contributed by atoms with van der Waals surface area (Å²) in [6.45, 7) is 5.47. The lowest BCUT2D eigenvalue weighted by molar-refractivity contribution is -0.137. The number of hydrogen-bond acceptors (Lipinski definition) is 4. The zero-order valence-corrected chi connectivity index (χ0v) is 17.0. The van der Waals surface area contributed by atoms with E-state index in [2.05, 4.69) is 4.98 Å². The molecule has 7 heteroatoms.